The minimum Gasteiger partial charge on any atom is -0.462 e. The zero-order valence-electron chi connectivity index (χ0n) is 17.8. The van der Waals surface area contributed by atoms with Gasteiger partial charge in [0.2, 0.25) is 5.91 Å². The molecule has 7 heteroatoms. The smallest absolute Gasteiger partial charge is 0.227 e. The van der Waals surface area contributed by atoms with E-state index in [1.165, 1.54) is 0 Å². The molecule has 5 rings (SSSR count). The number of likely N-dealkylation sites (tertiary alicyclic amines) is 1. The number of benzene rings is 2. The van der Waals surface area contributed by atoms with Gasteiger partial charge in [-0.05, 0) is 74.5 Å². The van der Waals surface area contributed by atoms with Gasteiger partial charge in [-0.3, -0.25) is 9.69 Å². The maximum Gasteiger partial charge on any atom is 0.227 e. The second-order valence-corrected chi connectivity index (χ2v) is 8.25. The Morgan fingerprint density at radius 2 is 1.81 bits per heavy atom. The summed E-state index contributed by atoms with van der Waals surface area (Å²) in [5, 5.41) is 12.2. The number of nitrogens with zero attached hydrogens (tertiary/aromatic N) is 2. The molecule has 7 nitrogen and oxygen atoms in total. The molecule has 2 aromatic heterocycles. The number of aromatic nitrogens is 2. The third-order valence-electron chi connectivity index (χ3n) is 6.03. The third kappa shape index (κ3) is 4.44. The molecule has 1 aliphatic heterocycles. The van der Waals surface area contributed by atoms with Crippen LogP contribution in [0.1, 0.15) is 24.4 Å². The highest BCUT2D eigenvalue weighted by Gasteiger charge is 2.25. The van der Waals surface area contributed by atoms with E-state index in [4.69, 9.17) is 9.52 Å². The van der Waals surface area contributed by atoms with Crippen molar-refractivity contribution in [3.05, 3.63) is 72.2 Å². The SMILES string of the molecule is O=C(Nc1ccc(-c2nc3ccccc3[nH]2)cc1)C1CCN(Cc2ccc(CO)o2)CC1. The van der Waals surface area contributed by atoms with Gasteiger partial charge in [0.05, 0.1) is 17.6 Å². The first-order valence-electron chi connectivity index (χ1n) is 10.9. The van der Waals surface area contributed by atoms with E-state index in [1.807, 2.05) is 54.6 Å². The Kier molecular flexibility index (Phi) is 5.75. The van der Waals surface area contributed by atoms with Crippen molar-refractivity contribution in [2.24, 2.45) is 5.92 Å². The highest BCUT2D eigenvalue weighted by Crippen LogP contribution is 2.24. The fourth-order valence-electron chi connectivity index (χ4n) is 4.21. The van der Waals surface area contributed by atoms with Gasteiger partial charge in [-0.2, -0.15) is 0 Å². The number of rotatable bonds is 6. The summed E-state index contributed by atoms with van der Waals surface area (Å²) in [6.07, 6.45) is 1.63. The Morgan fingerprint density at radius 1 is 1.06 bits per heavy atom. The molecule has 0 atom stereocenters. The lowest BCUT2D eigenvalue weighted by Gasteiger charge is -2.30. The number of carbonyl (C=O) groups excluding carboxylic acids is 1. The molecule has 0 unspecified atom stereocenters. The number of aliphatic hydroxyl groups excluding tert-OH is 1. The molecule has 0 aliphatic carbocycles. The molecular weight excluding hydrogens is 404 g/mol. The first-order valence-corrected chi connectivity index (χ1v) is 10.9. The Bertz CT molecular complexity index is 1170. The molecule has 32 heavy (non-hydrogen) atoms. The lowest BCUT2D eigenvalue weighted by Crippen LogP contribution is -2.37. The van der Waals surface area contributed by atoms with Crippen molar-refractivity contribution in [3.8, 4) is 11.4 Å². The monoisotopic (exact) mass is 430 g/mol. The number of imidazole rings is 1. The van der Waals surface area contributed by atoms with E-state index in [2.05, 4.69) is 20.2 Å². The summed E-state index contributed by atoms with van der Waals surface area (Å²) in [4.78, 5) is 23.0. The van der Waals surface area contributed by atoms with Crippen molar-refractivity contribution < 1.29 is 14.3 Å². The number of hydrogen-bond acceptors (Lipinski definition) is 5. The largest absolute Gasteiger partial charge is 0.462 e. The molecule has 2 aromatic carbocycles. The number of aliphatic hydroxyl groups is 1. The molecule has 1 fully saturated rings. The van der Waals surface area contributed by atoms with Gasteiger partial charge in [-0.15, -0.1) is 0 Å². The second-order valence-electron chi connectivity index (χ2n) is 8.25. The number of anilines is 1. The summed E-state index contributed by atoms with van der Waals surface area (Å²) in [7, 11) is 0. The molecule has 1 amide bonds. The van der Waals surface area contributed by atoms with Crippen LogP contribution < -0.4 is 5.32 Å². The van der Waals surface area contributed by atoms with Gasteiger partial charge in [0.15, 0.2) is 0 Å². The van der Waals surface area contributed by atoms with Crippen molar-refractivity contribution in [1.29, 1.82) is 0 Å². The molecule has 3 heterocycles. The molecule has 1 saturated heterocycles. The van der Waals surface area contributed by atoms with Gasteiger partial charge >= 0.3 is 0 Å². The van der Waals surface area contributed by atoms with E-state index in [-0.39, 0.29) is 18.4 Å². The van der Waals surface area contributed by atoms with Crippen molar-refractivity contribution in [2.45, 2.75) is 26.0 Å². The van der Waals surface area contributed by atoms with Crippen LogP contribution in [0.4, 0.5) is 5.69 Å². The minimum atomic E-state index is -0.0818. The summed E-state index contributed by atoms with van der Waals surface area (Å²) in [5.41, 5.74) is 3.72. The molecule has 0 spiro atoms. The quantitative estimate of drug-likeness (QED) is 0.427. The van der Waals surface area contributed by atoms with E-state index in [9.17, 15) is 4.79 Å². The number of hydrogen-bond donors (Lipinski definition) is 3. The molecule has 0 bridgehead atoms. The van der Waals surface area contributed by atoms with Crippen molar-refractivity contribution >= 4 is 22.6 Å². The number of carbonyl (C=O) groups is 1. The lowest BCUT2D eigenvalue weighted by molar-refractivity contribution is -0.121. The molecule has 0 radical (unpaired) electrons. The average Bonchev–Trinajstić information content (AvgIpc) is 3.47. The number of fused-ring (bicyclic) bond motifs is 1. The van der Waals surface area contributed by atoms with E-state index in [0.717, 1.165) is 59.8 Å². The second kappa shape index (κ2) is 8.98. The number of amides is 1. The van der Waals surface area contributed by atoms with Gasteiger partial charge in [0.25, 0.3) is 0 Å². The average molecular weight is 431 g/mol. The van der Waals surface area contributed by atoms with E-state index in [1.54, 1.807) is 6.07 Å². The van der Waals surface area contributed by atoms with Crippen LogP contribution in [0.2, 0.25) is 0 Å². The molecule has 0 saturated carbocycles. The maximum absolute atomic E-state index is 12.8. The van der Waals surface area contributed by atoms with Gasteiger partial charge in [-0.25, -0.2) is 4.98 Å². The Balaban J connectivity index is 1.15. The number of furan rings is 1. The van der Waals surface area contributed by atoms with Crippen LogP contribution >= 0.6 is 0 Å². The molecule has 1 aliphatic rings. The Labute approximate surface area is 186 Å². The number of aromatic amines is 1. The third-order valence-corrected chi connectivity index (χ3v) is 6.03. The predicted octanol–water partition coefficient (Wildman–Crippen LogP) is 4.17. The predicted molar refractivity (Wildman–Crippen MR) is 123 cm³/mol. The van der Waals surface area contributed by atoms with Crippen LogP contribution in [0.5, 0.6) is 0 Å². The number of piperidine rings is 1. The molecule has 4 aromatic rings. The zero-order valence-corrected chi connectivity index (χ0v) is 17.8. The minimum absolute atomic E-state index is 0.00547. The van der Waals surface area contributed by atoms with Crippen molar-refractivity contribution in [3.63, 3.8) is 0 Å². The number of H-pyrrole nitrogens is 1. The van der Waals surface area contributed by atoms with Crippen molar-refractivity contribution in [2.75, 3.05) is 18.4 Å². The van der Waals surface area contributed by atoms with Gasteiger partial charge < -0.3 is 19.8 Å². The first kappa shape index (κ1) is 20.5. The Morgan fingerprint density at radius 3 is 2.53 bits per heavy atom. The molecule has 164 valence electrons. The van der Waals surface area contributed by atoms with E-state index in [0.29, 0.717) is 12.3 Å². The highest BCUT2D eigenvalue weighted by molar-refractivity contribution is 5.93. The van der Waals surface area contributed by atoms with E-state index >= 15 is 0 Å². The summed E-state index contributed by atoms with van der Waals surface area (Å²) < 4.78 is 5.57. The van der Waals surface area contributed by atoms with E-state index < -0.39 is 0 Å². The lowest BCUT2D eigenvalue weighted by atomic mass is 9.95. The van der Waals surface area contributed by atoms with Crippen molar-refractivity contribution in [1.82, 2.24) is 14.9 Å². The molecular formula is C25H26N4O3. The summed E-state index contributed by atoms with van der Waals surface area (Å²) >= 11 is 0. The van der Waals surface area contributed by atoms with Crippen LogP contribution in [0.3, 0.4) is 0 Å². The normalized spacial score (nSPS) is 15.3. The highest BCUT2D eigenvalue weighted by atomic mass is 16.4. The maximum atomic E-state index is 12.8. The van der Waals surface area contributed by atoms with Gasteiger partial charge in [0, 0.05) is 17.2 Å². The van der Waals surface area contributed by atoms with Crippen LogP contribution in [-0.2, 0) is 17.9 Å². The zero-order chi connectivity index (χ0) is 21.9. The summed E-state index contributed by atoms with van der Waals surface area (Å²) in [6.45, 7) is 2.32. The van der Waals surface area contributed by atoms with Gasteiger partial charge in [0.1, 0.15) is 24.0 Å². The summed E-state index contributed by atoms with van der Waals surface area (Å²) in [5.74, 6) is 2.33. The van der Waals surface area contributed by atoms with Crippen LogP contribution in [0.15, 0.2) is 65.1 Å². The Hall–Kier alpha value is -3.42. The molecule has 3 N–H and O–H groups in total. The van der Waals surface area contributed by atoms with Crippen LogP contribution in [-0.4, -0.2) is 39.0 Å². The number of para-hydroxylation sites is 2. The van der Waals surface area contributed by atoms with Gasteiger partial charge in [-0.1, -0.05) is 12.1 Å². The fourth-order valence-corrected chi connectivity index (χ4v) is 4.21. The number of nitrogens with one attached hydrogen (secondary N) is 2. The fraction of sp³-hybridized carbons (Fsp3) is 0.280. The summed E-state index contributed by atoms with van der Waals surface area (Å²) in [6, 6.07) is 19.4. The van der Waals surface area contributed by atoms with Crippen LogP contribution in [0.25, 0.3) is 22.4 Å². The first-order chi connectivity index (χ1) is 15.7. The topological polar surface area (TPSA) is 94.4 Å². The standard InChI is InChI=1S/C25H26N4O3/c30-16-21-10-9-20(32-21)15-29-13-11-18(12-14-29)25(31)26-19-7-5-17(6-8-19)24-27-22-3-1-2-4-23(22)28-24/h1-10,18,30H,11-16H2,(H,26,31)(H,27,28). The van der Waals surface area contributed by atoms with Crippen LogP contribution in [0, 0.1) is 5.92 Å².